The van der Waals surface area contributed by atoms with Gasteiger partial charge in [0.25, 0.3) is 6.33 Å². The lowest BCUT2D eigenvalue weighted by atomic mass is 10.2. The molecule has 0 amide bonds. The molecule has 2 aromatic rings. The van der Waals surface area contributed by atoms with Crippen LogP contribution in [0.15, 0.2) is 30.6 Å². The zero-order valence-electron chi connectivity index (χ0n) is 7.68. The molecule has 13 heavy (non-hydrogen) atoms. The second-order valence-corrected chi connectivity index (χ2v) is 2.91. The predicted octanol–water partition coefficient (Wildman–Crippen LogP) is 0.400. The number of hydrogen-bond acceptors (Lipinski definition) is 2. The van der Waals surface area contributed by atoms with Gasteiger partial charge in [0.1, 0.15) is 12.7 Å². The van der Waals surface area contributed by atoms with Crippen LogP contribution in [0.4, 0.5) is 0 Å². The molecule has 1 aromatic carbocycles. The fourth-order valence-electron chi connectivity index (χ4n) is 1.28. The third-order valence-electron chi connectivity index (χ3n) is 1.98. The Balaban J connectivity index is 2.59. The van der Waals surface area contributed by atoms with Gasteiger partial charge in [0.05, 0.1) is 5.10 Å². The number of tetrazole rings is 1. The summed E-state index contributed by atoms with van der Waals surface area (Å²) in [6.45, 7) is 2.05. The molecule has 0 saturated heterocycles. The molecule has 1 heterocycles. The lowest BCUT2D eigenvalue weighted by molar-refractivity contribution is -0.800. The molecular formula is C9H11N4+. The first-order chi connectivity index (χ1) is 6.29. The second-order valence-electron chi connectivity index (χ2n) is 2.91. The summed E-state index contributed by atoms with van der Waals surface area (Å²) >= 11 is 0. The fourth-order valence-corrected chi connectivity index (χ4v) is 1.28. The van der Waals surface area contributed by atoms with Crippen LogP contribution in [0.25, 0.3) is 5.69 Å². The van der Waals surface area contributed by atoms with Gasteiger partial charge in [0.2, 0.25) is 0 Å². The van der Waals surface area contributed by atoms with Crippen molar-refractivity contribution in [2.45, 2.75) is 6.92 Å². The summed E-state index contributed by atoms with van der Waals surface area (Å²) in [6, 6.07) is 8.07. The van der Waals surface area contributed by atoms with E-state index in [-0.39, 0.29) is 0 Å². The Morgan fingerprint density at radius 2 is 2.08 bits per heavy atom. The summed E-state index contributed by atoms with van der Waals surface area (Å²) in [4.78, 5) is 3.46. The molecule has 0 aliphatic heterocycles. The summed E-state index contributed by atoms with van der Waals surface area (Å²) in [5, 5.41) is 8.12. The lowest BCUT2D eigenvalue weighted by Crippen LogP contribution is -2.41. The Kier molecular flexibility index (Phi) is 1.81. The van der Waals surface area contributed by atoms with Gasteiger partial charge in [0, 0.05) is 4.80 Å². The quantitative estimate of drug-likeness (QED) is 0.588. The topological polar surface area (TPSA) is 34.6 Å². The Morgan fingerprint density at radius 3 is 2.69 bits per heavy atom. The van der Waals surface area contributed by atoms with Crippen molar-refractivity contribution in [2.24, 2.45) is 7.05 Å². The van der Waals surface area contributed by atoms with Gasteiger partial charge in [0.15, 0.2) is 0 Å². The highest BCUT2D eigenvalue weighted by atomic mass is 15.6. The van der Waals surface area contributed by atoms with Crippen molar-refractivity contribution < 1.29 is 4.80 Å². The average Bonchev–Trinajstić information content (AvgIpc) is 2.52. The predicted molar refractivity (Wildman–Crippen MR) is 47.3 cm³/mol. The van der Waals surface area contributed by atoms with Crippen molar-refractivity contribution in [1.82, 2.24) is 15.0 Å². The second kappa shape index (κ2) is 2.97. The van der Waals surface area contributed by atoms with E-state index in [0.717, 1.165) is 5.69 Å². The van der Waals surface area contributed by atoms with E-state index in [1.54, 1.807) is 9.59 Å². The zero-order chi connectivity index (χ0) is 9.26. The third-order valence-corrected chi connectivity index (χ3v) is 1.98. The number of aryl methyl sites for hydroxylation is 2. The van der Waals surface area contributed by atoms with Crippen LogP contribution in [0.5, 0.6) is 0 Å². The van der Waals surface area contributed by atoms with Crippen molar-refractivity contribution in [3.05, 3.63) is 36.2 Å². The molecule has 0 N–H and O–H groups in total. The van der Waals surface area contributed by atoms with Crippen LogP contribution in [-0.4, -0.2) is 15.0 Å². The van der Waals surface area contributed by atoms with Gasteiger partial charge in [-0.1, -0.05) is 23.0 Å². The van der Waals surface area contributed by atoms with Crippen molar-refractivity contribution >= 4 is 0 Å². The molecule has 0 aliphatic rings. The number of benzene rings is 1. The molecule has 0 bridgehead atoms. The van der Waals surface area contributed by atoms with Crippen LogP contribution in [0.3, 0.4) is 0 Å². The minimum atomic E-state index is 1.06. The Morgan fingerprint density at radius 1 is 1.31 bits per heavy atom. The zero-order valence-corrected chi connectivity index (χ0v) is 7.68. The van der Waals surface area contributed by atoms with E-state index < -0.39 is 0 Å². The molecule has 0 fully saturated rings. The smallest absolute Gasteiger partial charge is 0.0618 e. The van der Waals surface area contributed by atoms with Crippen molar-refractivity contribution in [3.8, 4) is 5.69 Å². The van der Waals surface area contributed by atoms with Crippen molar-refractivity contribution in [2.75, 3.05) is 0 Å². The van der Waals surface area contributed by atoms with Crippen molar-refractivity contribution in [1.29, 1.82) is 0 Å². The van der Waals surface area contributed by atoms with E-state index in [9.17, 15) is 0 Å². The van der Waals surface area contributed by atoms with Crippen LogP contribution in [0.1, 0.15) is 5.56 Å². The first-order valence-corrected chi connectivity index (χ1v) is 4.11. The lowest BCUT2D eigenvalue weighted by Gasteiger charge is -1.99. The molecule has 0 spiro atoms. The Labute approximate surface area is 76.4 Å². The summed E-state index contributed by atoms with van der Waals surface area (Å²) in [6.07, 6.45) is 1.53. The third kappa shape index (κ3) is 1.30. The highest BCUT2D eigenvalue weighted by Crippen LogP contribution is 2.08. The van der Waals surface area contributed by atoms with Gasteiger partial charge in [-0.3, -0.25) is 0 Å². The van der Waals surface area contributed by atoms with Crippen LogP contribution in [0.2, 0.25) is 0 Å². The highest BCUT2D eigenvalue weighted by molar-refractivity contribution is 5.36. The molecule has 0 atom stereocenters. The van der Waals surface area contributed by atoms with E-state index in [1.807, 2.05) is 25.2 Å². The maximum absolute atomic E-state index is 4.12. The summed E-state index contributed by atoms with van der Waals surface area (Å²) in [5.74, 6) is 0. The molecule has 4 nitrogen and oxygen atoms in total. The molecular weight excluding hydrogens is 164 g/mol. The van der Waals surface area contributed by atoms with Gasteiger partial charge in [-0.15, -0.1) is 0 Å². The minimum absolute atomic E-state index is 1.06. The SMILES string of the molecule is Cc1ccccc1-n1ncn[n+]1C. The monoisotopic (exact) mass is 175 g/mol. The van der Waals surface area contributed by atoms with Crippen LogP contribution >= 0.6 is 0 Å². The van der Waals surface area contributed by atoms with Gasteiger partial charge in [-0.2, -0.15) is 0 Å². The summed E-state index contributed by atoms with van der Waals surface area (Å²) < 4.78 is 0. The van der Waals surface area contributed by atoms with Gasteiger partial charge in [-0.05, 0) is 23.7 Å². The number of aromatic nitrogens is 4. The van der Waals surface area contributed by atoms with E-state index in [4.69, 9.17) is 0 Å². The summed E-state index contributed by atoms with van der Waals surface area (Å²) in [5.41, 5.74) is 2.24. The summed E-state index contributed by atoms with van der Waals surface area (Å²) in [7, 11) is 1.86. The molecule has 0 unspecified atom stereocenters. The number of para-hydroxylation sites is 1. The molecule has 0 saturated carbocycles. The number of rotatable bonds is 1. The largest absolute Gasteiger partial charge is 0.297 e. The van der Waals surface area contributed by atoms with E-state index in [0.29, 0.717) is 0 Å². The van der Waals surface area contributed by atoms with Crippen LogP contribution in [0, 0.1) is 6.92 Å². The number of nitrogens with zero attached hydrogens (tertiary/aromatic N) is 4. The first kappa shape index (κ1) is 7.91. The first-order valence-electron chi connectivity index (χ1n) is 4.11. The van der Waals surface area contributed by atoms with Crippen molar-refractivity contribution in [3.63, 3.8) is 0 Å². The standard InChI is InChI=1S/C9H11N4/c1-8-5-3-4-6-9(8)13-11-7-10-12(13)2/h3-7H,1-2H3/q+1. The normalized spacial score (nSPS) is 10.3. The van der Waals surface area contributed by atoms with Gasteiger partial charge < -0.3 is 0 Å². The van der Waals surface area contributed by atoms with E-state index in [2.05, 4.69) is 23.2 Å². The van der Waals surface area contributed by atoms with Crippen LogP contribution < -0.4 is 4.80 Å². The Bertz CT molecular complexity index is 419. The number of hydrogen-bond donors (Lipinski definition) is 0. The van der Waals surface area contributed by atoms with E-state index >= 15 is 0 Å². The average molecular weight is 175 g/mol. The molecule has 66 valence electrons. The maximum Gasteiger partial charge on any atom is 0.297 e. The molecule has 0 aliphatic carbocycles. The Hall–Kier alpha value is -1.71. The molecule has 1 aromatic heterocycles. The van der Waals surface area contributed by atoms with Gasteiger partial charge in [-0.25, -0.2) is 0 Å². The maximum atomic E-state index is 4.12. The molecule has 2 rings (SSSR count). The minimum Gasteiger partial charge on any atom is -0.0618 e. The molecule has 0 radical (unpaired) electrons. The molecule has 4 heteroatoms. The fraction of sp³-hybridized carbons (Fsp3) is 0.222. The van der Waals surface area contributed by atoms with E-state index in [1.165, 1.54) is 11.9 Å². The highest BCUT2D eigenvalue weighted by Gasteiger charge is 2.10. The van der Waals surface area contributed by atoms with Crippen LogP contribution in [-0.2, 0) is 7.05 Å². The van der Waals surface area contributed by atoms with Gasteiger partial charge >= 0.3 is 0 Å².